The second kappa shape index (κ2) is 7.25. The molecule has 0 spiro atoms. The fourth-order valence-electron chi connectivity index (χ4n) is 1.77. The molecule has 2 rings (SSSR count). The summed E-state index contributed by atoms with van der Waals surface area (Å²) in [5.41, 5.74) is 1.91. The monoisotopic (exact) mass is 333 g/mol. The summed E-state index contributed by atoms with van der Waals surface area (Å²) in [5.74, 6) is -0.309. The van der Waals surface area contributed by atoms with Crippen molar-refractivity contribution in [1.82, 2.24) is 0 Å². The van der Waals surface area contributed by atoms with E-state index >= 15 is 0 Å². The number of halogens is 2. The van der Waals surface area contributed by atoms with Gasteiger partial charge in [0, 0.05) is 27.4 Å². The largest absolute Gasteiger partial charge is 0.323 e. The Morgan fingerprint density at radius 1 is 1.05 bits per heavy atom. The number of anilines is 1. The molecule has 0 atom stereocenters. The number of benzene rings is 2. The van der Waals surface area contributed by atoms with Crippen molar-refractivity contribution >= 4 is 46.7 Å². The third kappa shape index (κ3) is 4.45. The minimum Gasteiger partial charge on any atom is -0.323 e. The van der Waals surface area contributed by atoms with Crippen LogP contribution in [0.5, 0.6) is 0 Å². The molecule has 0 bridgehead atoms. The molecule has 0 unspecified atom stereocenters. The van der Waals surface area contributed by atoms with E-state index in [1.54, 1.807) is 48.5 Å². The highest BCUT2D eigenvalue weighted by atomic mass is 35.5. The molecule has 5 heteroatoms. The fraction of sp³-hybridized carbons (Fsp3) is 0.0588. The third-order valence-corrected chi connectivity index (χ3v) is 3.50. The third-order valence-electron chi connectivity index (χ3n) is 2.94. The van der Waals surface area contributed by atoms with Gasteiger partial charge in [0.25, 0.3) is 0 Å². The highest BCUT2D eigenvalue weighted by molar-refractivity contribution is 6.35. The molecule has 2 aromatic carbocycles. The maximum atomic E-state index is 11.8. The molecule has 0 aliphatic heterocycles. The zero-order valence-corrected chi connectivity index (χ0v) is 13.3. The summed E-state index contributed by atoms with van der Waals surface area (Å²) in [6, 6.07) is 11.7. The van der Waals surface area contributed by atoms with Crippen molar-refractivity contribution < 1.29 is 9.59 Å². The molecule has 0 saturated heterocycles. The quantitative estimate of drug-likeness (QED) is 0.642. The van der Waals surface area contributed by atoms with E-state index in [-0.39, 0.29) is 11.7 Å². The van der Waals surface area contributed by atoms with Crippen LogP contribution in [0.25, 0.3) is 6.08 Å². The van der Waals surface area contributed by atoms with Gasteiger partial charge in [-0.25, -0.2) is 0 Å². The molecule has 0 aromatic heterocycles. The van der Waals surface area contributed by atoms with Gasteiger partial charge in [-0.15, -0.1) is 0 Å². The topological polar surface area (TPSA) is 46.2 Å². The minimum absolute atomic E-state index is 0.0184. The Labute approximate surface area is 138 Å². The molecule has 2 aromatic rings. The Morgan fingerprint density at radius 2 is 1.73 bits per heavy atom. The Bertz CT molecular complexity index is 737. The molecule has 0 saturated carbocycles. The number of hydrogen-bond donors (Lipinski definition) is 1. The number of hydrogen-bond acceptors (Lipinski definition) is 2. The van der Waals surface area contributed by atoms with Crippen molar-refractivity contribution in [2.45, 2.75) is 6.92 Å². The molecular weight excluding hydrogens is 321 g/mol. The zero-order valence-electron chi connectivity index (χ0n) is 11.8. The Morgan fingerprint density at radius 3 is 2.32 bits per heavy atom. The number of carbonyl (C=O) groups is 2. The van der Waals surface area contributed by atoms with E-state index in [9.17, 15) is 9.59 Å². The van der Waals surface area contributed by atoms with Gasteiger partial charge in [-0.05, 0) is 55.0 Å². The highest BCUT2D eigenvalue weighted by Crippen LogP contribution is 2.22. The Kier molecular flexibility index (Phi) is 5.36. The summed E-state index contributed by atoms with van der Waals surface area (Å²) in [4.78, 5) is 23.0. The summed E-state index contributed by atoms with van der Waals surface area (Å²) < 4.78 is 0. The van der Waals surface area contributed by atoms with E-state index in [1.165, 1.54) is 13.0 Å². The average molecular weight is 334 g/mol. The van der Waals surface area contributed by atoms with Gasteiger partial charge in [-0.3, -0.25) is 9.59 Å². The summed E-state index contributed by atoms with van der Waals surface area (Å²) in [6.45, 7) is 1.49. The molecule has 0 fully saturated rings. The molecule has 112 valence electrons. The average Bonchev–Trinajstić information content (AvgIpc) is 2.47. The number of rotatable bonds is 4. The van der Waals surface area contributed by atoms with Crippen molar-refractivity contribution in [3.8, 4) is 0 Å². The molecule has 0 aliphatic rings. The molecular formula is C17H13Cl2NO2. The SMILES string of the molecule is CC(=O)c1ccc(NC(=O)/C=C/c2ccc(Cl)cc2Cl)cc1. The predicted octanol–water partition coefficient (Wildman–Crippen LogP) is 4.85. The van der Waals surface area contributed by atoms with Crippen LogP contribution >= 0.6 is 23.2 Å². The first-order valence-corrected chi connectivity index (χ1v) is 7.26. The second-order valence-electron chi connectivity index (χ2n) is 4.62. The fourth-order valence-corrected chi connectivity index (χ4v) is 2.25. The zero-order chi connectivity index (χ0) is 16.1. The summed E-state index contributed by atoms with van der Waals surface area (Å²) >= 11 is 11.8. The molecule has 0 radical (unpaired) electrons. The van der Waals surface area contributed by atoms with E-state index in [1.807, 2.05) is 0 Å². The number of amides is 1. The summed E-state index contributed by atoms with van der Waals surface area (Å²) in [5, 5.41) is 3.72. The first-order chi connectivity index (χ1) is 10.5. The maximum absolute atomic E-state index is 11.8. The lowest BCUT2D eigenvalue weighted by Gasteiger charge is -2.03. The Hall–Kier alpha value is -2.10. The normalized spacial score (nSPS) is 10.7. The number of ketones is 1. The van der Waals surface area contributed by atoms with Crippen LogP contribution in [0.15, 0.2) is 48.5 Å². The van der Waals surface area contributed by atoms with Gasteiger partial charge >= 0.3 is 0 Å². The van der Waals surface area contributed by atoms with E-state index in [2.05, 4.69) is 5.32 Å². The summed E-state index contributed by atoms with van der Waals surface area (Å²) in [7, 11) is 0. The van der Waals surface area contributed by atoms with Gasteiger partial charge in [-0.2, -0.15) is 0 Å². The molecule has 3 nitrogen and oxygen atoms in total. The lowest BCUT2D eigenvalue weighted by atomic mass is 10.1. The number of nitrogens with one attached hydrogen (secondary N) is 1. The van der Waals surface area contributed by atoms with Crippen molar-refractivity contribution in [2.75, 3.05) is 5.32 Å². The van der Waals surface area contributed by atoms with Crippen molar-refractivity contribution in [3.63, 3.8) is 0 Å². The Balaban J connectivity index is 2.03. The van der Waals surface area contributed by atoms with Gasteiger partial charge in [0.05, 0.1) is 0 Å². The van der Waals surface area contributed by atoms with Crippen molar-refractivity contribution in [3.05, 3.63) is 69.7 Å². The second-order valence-corrected chi connectivity index (χ2v) is 5.47. The smallest absolute Gasteiger partial charge is 0.248 e. The van der Waals surface area contributed by atoms with Crippen LogP contribution in [0, 0.1) is 0 Å². The predicted molar refractivity (Wildman–Crippen MR) is 90.6 cm³/mol. The lowest BCUT2D eigenvalue weighted by molar-refractivity contribution is -0.111. The van der Waals surface area contributed by atoms with E-state index < -0.39 is 0 Å². The molecule has 1 N–H and O–H groups in total. The van der Waals surface area contributed by atoms with E-state index in [4.69, 9.17) is 23.2 Å². The van der Waals surface area contributed by atoms with Crippen LogP contribution in [0.3, 0.4) is 0 Å². The van der Waals surface area contributed by atoms with Gasteiger partial charge in [0.1, 0.15) is 0 Å². The number of carbonyl (C=O) groups excluding carboxylic acids is 2. The van der Waals surface area contributed by atoms with E-state index in [0.29, 0.717) is 26.9 Å². The maximum Gasteiger partial charge on any atom is 0.248 e. The molecule has 0 aliphatic carbocycles. The van der Waals surface area contributed by atoms with Crippen LogP contribution in [0.2, 0.25) is 10.0 Å². The lowest BCUT2D eigenvalue weighted by Crippen LogP contribution is -2.07. The van der Waals surface area contributed by atoms with Crippen molar-refractivity contribution in [1.29, 1.82) is 0 Å². The van der Waals surface area contributed by atoms with E-state index in [0.717, 1.165) is 0 Å². The first-order valence-electron chi connectivity index (χ1n) is 6.51. The standard InChI is InChI=1S/C17H13Cl2NO2/c1-11(21)12-3-7-15(8-4-12)20-17(22)9-5-13-2-6-14(18)10-16(13)19/h2-10H,1H3,(H,20,22)/b9-5+. The highest BCUT2D eigenvalue weighted by Gasteiger charge is 2.02. The van der Waals surface area contributed by atoms with Gasteiger partial charge in [-0.1, -0.05) is 29.3 Å². The van der Waals surface area contributed by atoms with Gasteiger partial charge in [0.2, 0.25) is 5.91 Å². The molecule has 22 heavy (non-hydrogen) atoms. The van der Waals surface area contributed by atoms with Gasteiger partial charge < -0.3 is 5.32 Å². The number of Topliss-reactive ketones (excluding diaryl/α,β-unsaturated/α-hetero) is 1. The van der Waals surface area contributed by atoms with Gasteiger partial charge in [0.15, 0.2) is 5.78 Å². The van der Waals surface area contributed by atoms with Crippen LogP contribution in [0.4, 0.5) is 5.69 Å². The minimum atomic E-state index is -0.290. The molecule has 0 heterocycles. The van der Waals surface area contributed by atoms with Crippen LogP contribution in [-0.2, 0) is 4.79 Å². The van der Waals surface area contributed by atoms with Crippen LogP contribution < -0.4 is 5.32 Å². The van der Waals surface area contributed by atoms with Crippen LogP contribution in [-0.4, -0.2) is 11.7 Å². The summed E-state index contributed by atoms with van der Waals surface area (Å²) in [6.07, 6.45) is 2.99. The van der Waals surface area contributed by atoms with Crippen LogP contribution in [0.1, 0.15) is 22.8 Å². The molecule has 1 amide bonds. The van der Waals surface area contributed by atoms with Crippen molar-refractivity contribution in [2.24, 2.45) is 0 Å². The first kappa shape index (κ1) is 16.3.